The lowest BCUT2D eigenvalue weighted by atomic mass is 9.85. The van der Waals surface area contributed by atoms with Gasteiger partial charge in [-0.1, -0.05) is 48.5 Å². The summed E-state index contributed by atoms with van der Waals surface area (Å²) in [5, 5.41) is 14.5. The SMILES string of the molecule is Cc1ccc2c(c1)N(CC(N)=O)C(=O)C(NC(=O)Nc1cccc(C(=O)O)c1)CC2c1ccccc1. The number of primary amides is 1. The van der Waals surface area contributed by atoms with Crippen LogP contribution >= 0.6 is 0 Å². The summed E-state index contributed by atoms with van der Waals surface area (Å²) in [6.45, 7) is 1.56. The quantitative estimate of drug-likeness (QED) is 0.423. The number of nitrogens with zero attached hydrogens (tertiary/aromatic N) is 1. The van der Waals surface area contributed by atoms with Crippen molar-refractivity contribution in [3.63, 3.8) is 0 Å². The van der Waals surface area contributed by atoms with E-state index in [1.807, 2.05) is 55.5 Å². The lowest BCUT2D eigenvalue weighted by Gasteiger charge is -2.25. The molecule has 0 saturated carbocycles. The topological polar surface area (TPSA) is 142 Å². The molecule has 1 aliphatic rings. The molecular formula is C27H26N4O5. The predicted molar refractivity (Wildman–Crippen MR) is 135 cm³/mol. The number of amides is 4. The summed E-state index contributed by atoms with van der Waals surface area (Å²) in [5.74, 6) is -2.51. The van der Waals surface area contributed by atoms with Gasteiger partial charge >= 0.3 is 12.0 Å². The van der Waals surface area contributed by atoms with Crippen molar-refractivity contribution in [2.45, 2.75) is 25.3 Å². The van der Waals surface area contributed by atoms with Crippen LogP contribution in [0.25, 0.3) is 0 Å². The first-order valence-corrected chi connectivity index (χ1v) is 11.4. The van der Waals surface area contributed by atoms with E-state index in [9.17, 15) is 24.3 Å². The van der Waals surface area contributed by atoms with Crippen LogP contribution in [0, 0.1) is 6.92 Å². The number of nitrogens with two attached hydrogens (primary N) is 1. The third-order valence-corrected chi connectivity index (χ3v) is 6.08. The predicted octanol–water partition coefficient (Wildman–Crippen LogP) is 3.24. The van der Waals surface area contributed by atoms with Crippen molar-refractivity contribution >= 4 is 35.2 Å². The number of rotatable bonds is 6. The molecule has 2 unspecified atom stereocenters. The van der Waals surface area contributed by atoms with E-state index in [2.05, 4.69) is 10.6 Å². The van der Waals surface area contributed by atoms with Gasteiger partial charge in [-0.15, -0.1) is 0 Å². The zero-order chi connectivity index (χ0) is 25.8. The number of nitrogens with one attached hydrogen (secondary N) is 2. The summed E-state index contributed by atoms with van der Waals surface area (Å²) in [4.78, 5) is 51.0. The second-order valence-electron chi connectivity index (χ2n) is 8.69. The van der Waals surface area contributed by atoms with Crippen molar-refractivity contribution in [1.29, 1.82) is 0 Å². The van der Waals surface area contributed by atoms with Crippen molar-refractivity contribution in [3.05, 3.63) is 95.1 Å². The number of carboxylic acid groups (broad SMARTS) is 1. The minimum atomic E-state index is -1.13. The van der Waals surface area contributed by atoms with Crippen LogP contribution in [0.2, 0.25) is 0 Å². The van der Waals surface area contributed by atoms with E-state index >= 15 is 0 Å². The average Bonchev–Trinajstić information content (AvgIpc) is 2.95. The monoisotopic (exact) mass is 486 g/mol. The van der Waals surface area contributed by atoms with Gasteiger partial charge in [0.1, 0.15) is 12.6 Å². The Morgan fingerprint density at radius 1 is 1.03 bits per heavy atom. The standard InChI is InChI=1S/C27H26N4O5/c1-16-10-11-20-21(17-6-3-2-4-7-17)14-22(25(33)31(15-24(28)32)23(20)12-16)30-27(36)29-19-9-5-8-18(13-19)26(34)35/h2-13,21-22H,14-15H2,1H3,(H2,28,32)(H,34,35)(H2,29,30,36). The van der Waals surface area contributed by atoms with Crippen LogP contribution in [0.3, 0.4) is 0 Å². The molecule has 0 spiro atoms. The fourth-order valence-corrected chi connectivity index (χ4v) is 4.45. The Morgan fingerprint density at radius 2 is 1.78 bits per heavy atom. The highest BCUT2D eigenvalue weighted by atomic mass is 16.4. The molecule has 4 rings (SSSR count). The van der Waals surface area contributed by atoms with E-state index in [1.54, 1.807) is 6.07 Å². The molecule has 0 bridgehead atoms. The molecule has 0 saturated heterocycles. The van der Waals surface area contributed by atoms with Gasteiger partial charge in [-0.3, -0.25) is 9.59 Å². The maximum atomic E-state index is 13.7. The highest BCUT2D eigenvalue weighted by Gasteiger charge is 2.37. The van der Waals surface area contributed by atoms with E-state index in [0.29, 0.717) is 5.69 Å². The highest BCUT2D eigenvalue weighted by Crippen LogP contribution is 2.39. The van der Waals surface area contributed by atoms with E-state index in [-0.39, 0.29) is 30.1 Å². The van der Waals surface area contributed by atoms with Crippen molar-refractivity contribution in [2.75, 3.05) is 16.8 Å². The van der Waals surface area contributed by atoms with Crippen LogP contribution in [0.15, 0.2) is 72.8 Å². The molecule has 3 aromatic carbocycles. The molecule has 9 nitrogen and oxygen atoms in total. The smallest absolute Gasteiger partial charge is 0.335 e. The number of carboxylic acids is 1. The number of hydrogen-bond donors (Lipinski definition) is 4. The molecule has 36 heavy (non-hydrogen) atoms. The van der Waals surface area contributed by atoms with Gasteiger partial charge in [0.05, 0.1) is 5.56 Å². The normalized spacial score (nSPS) is 17.0. The summed E-state index contributed by atoms with van der Waals surface area (Å²) in [7, 11) is 0. The Hall–Kier alpha value is -4.66. The van der Waals surface area contributed by atoms with Gasteiger partial charge in [0.25, 0.3) is 0 Å². The third-order valence-electron chi connectivity index (χ3n) is 6.08. The summed E-state index contributed by atoms with van der Waals surface area (Å²) in [6.07, 6.45) is 0.247. The van der Waals surface area contributed by atoms with Crippen molar-refractivity contribution in [1.82, 2.24) is 5.32 Å². The van der Waals surface area contributed by atoms with Crippen LogP contribution in [-0.2, 0) is 9.59 Å². The van der Waals surface area contributed by atoms with Gasteiger partial charge < -0.3 is 26.4 Å². The molecule has 1 aliphatic heterocycles. The minimum absolute atomic E-state index is 0.0148. The molecule has 9 heteroatoms. The average molecular weight is 487 g/mol. The molecule has 1 heterocycles. The maximum absolute atomic E-state index is 13.7. The zero-order valence-corrected chi connectivity index (χ0v) is 19.6. The van der Waals surface area contributed by atoms with Crippen LogP contribution in [0.1, 0.15) is 39.4 Å². The van der Waals surface area contributed by atoms with Gasteiger partial charge in [0.15, 0.2) is 0 Å². The third kappa shape index (κ3) is 5.35. The minimum Gasteiger partial charge on any atom is -0.478 e. The van der Waals surface area contributed by atoms with E-state index in [1.165, 1.54) is 23.1 Å². The molecule has 3 aromatic rings. The first-order chi connectivity index (χ1) is 17.2. The largest absolute Gasteiger partial charge is 0.478 e. The molecule has 0 radical (unpaired) electrons. The molecule has 0 aromatic heterocycles. The molecule has 5 N–H and O–H groups in total. The number of aryl methyl sites for hydroxylation is 1. The number of aromatic carboxylic acids is 1. The number of anilines is 2. The molecular weight excluding hydrogens is 460 g/mol. The summed E-state index contributed by atoms with van der Waals surface area (Å²) in [5.41, 5.74) is 9.05. The van der Waals surface area contributed by atoms with Crippen LogP contribution in [0.4, 0.5) is 16.2 Å². The fourth-order valence-electron chi connectivity index (χ4n) is 4.45. The molecule has 4 amide bonds. The van der Waals surface area contributed by atoms with E-state index in [0.717, 1.165) is 16.7 Å². The highest BCUT2D eigenvalue weighted by molar-refractivity contribution is 6.05. The number of carbonyl (C=O) groups excluding carboxylic acids is 3. The summed E-state index contributed by atoms with van der Waals surface area (Å²) in [6, 6.07) is 19.5. The van der Waals surface area contributed by atoms with Gasteiger partial charge in [0.2, 0.25) is 11.8 Å². The zero-order valence-electron chi connectivity index (χ0n) is 19.6. The Labute approximate surface area is 207 Å². The number of urea groups is 1. The summed E-state index contributed by atoms with van der Waals surface area (Å²) >= 11 is 0. The summed E-state index contributed by atoms with van der Waals surface area (Å²) < 4.78 is 0. The molecule has 184 valence electrons. The Morgan fingerprint density at radius 3 is 2.47 bits per heavy atom. The second kappa shape index (κ2) is 10.3. The number of fused-ring (bicyclic) bond motifs is 1. The Balaban J connectivity index is 1.69. The van der Waals surface area contributed by atoms with E-state index in [4.69, 9.17) is 5.73 Å². The van der Waals surface area contributed by atoms with Crippen LogP contribution < -0.4 is 21.3 Å². The van der Waals surface area contributed by atoms with Crippen LogP contribution in [0.5, 0.6) is 0 Å². The molecule has 0 fully saturated rings. The maximum Gasteiger partial charge on any atom is 0.335 e. The Bertz CT molecular complexity index is 1320. The fraction of sp³-hybridized carbons (Fsp3) is 0.185. The van der Waals surface area contributed by atoms with Gasteiger partial charge in [-0.05, 0) is 54.3 Å². The second-order valence-corrected chi connectivity index (χ2v) is 8.69. The first-order valence-electron chi connectivity index (χ1n) is 11.4. The van der Waals surface area contributed by atoms with Crippen molar-refractivity contribution < 1.29 is 24.3 Å². The van der Waals surface area contributed by atoms with Gasteiger partial charge in [-0.2, -0.15) is 0 Å². The van der Waals surface area contributed by atoms with Crippen LogP contribution in [-0.4, -0.2) is 41.5 Å². The number of carbonyl (C=O) groups is 4. The number of hydrogen-bond acceptors (Lipinski definition) is 4. The van der Waals surface area contributed by atoms with Gasteiger partial charge in [-0.25, -0.2) is 9.59 Å². The van der Waals surface area contributed by atoms with Crippen molar-refractivity contribution in [3.8, 4) is 0 Å². The van der Waals surface area contributed by atoms with Crippen molar-refractivity contribution in [2.24, 2.45) is 5.73 Å². The molecule has 0 aliphatic carbocycles. The van der Waals surface area contributed by atoms with E-state index < -0.39 is 29.9 Å². The lowest BCUT2D eigenvalue weighted by Crippen LogP contribution is -2.51. The lowest BCUT2D eigenvalue weighted by molar-refractivity contribution is -0.123. The first kappa shape index (κ1) is 24.5. The molecule has 2 atom stereocenters. The Kier molecular flexibility index (Phi) is 7.00. The number of benzene rings is 3. The van der Waals surface area contributed by atoms with Gasteiger partial charge in [0, 0.05) is 17.3 Å².